The maximum absolute atomic E-state index is 5.32. The van der Waals surface area contributed by atoms with Crippen molar-refractivity contribution in [3.63, 3.8) is 0 Å². The molecule has 0 saturated heterocycles. The van der Waals surface area contributed by atoms with E-state index < -0.39 is 0 Å². The maximum Gasteiger partial charge on any atom is 0.0583 e. The van der Waals surface area contributed by atoms with Gasteiger partial charge in [0.15, 0.2) is 0 Å². The fraction of sp³-hybridized carbons (Fsp3) is 0.846. The van der Waals surface area contributed by atoms with Gasteiger partial charge in [-0.3, -0.25) is 0 Å². The van der Waals surface area contributed by atoms with Crippen molar-refractivity contribution in [2.24, 2.45) is 5.92 Å². The molecule has 0 amide bonds. The Kier molecular flexibility index (Phi) is 5.71. The van der Waals surface area contributed by atoms with Crippen LogP contribution in [0.2, 0.25) is 0 Å². The zero-order valence-corrected chi connectivity index (χ0v) is 9.51. The van der Waals surface area contributed by atoms with Gasteiger partial charge in [-0.2, -0.15) is 0 Å². The lowest BCUT2D eigenvalue weighted by Gasteiger charge is -2.04. The van der Waals surface area contributed by atoms with Crippen LogP contribution in [0.4, 0.5) is 0 Å². The first kappa shape index (κ1) is 11.6. The first-order chi connectivity index (χ1) is 6.86. The molecule has 1 rings (SSSR count). The molecule has 0 bridgehead atoms. The summed E-state index contributed by atoms with van der Waals surface area (Å²) in [6.07, 6.45) is 9.02. The van der Waals surface area contributed by atoms with Crippen LogP contribution in [0.25, 0.3) is 0 Å². The molecule has 0 heterocycles. The van der Waals surface area contributed by atoms with Crippen molar-refractivity contribution in [3.05, 3.63) is 0 Å². The number of methoxy groups -OCH3 is 1. The van der Waals surface area contributed by atoms with Crippen molar-refractivity contribution in [2.75, 3.05) is 7.11 Å². The topological polar surface area (TPSA) is 9.23 Å². The average molecular weight is 194 g/mol. The van der Waals surface area contributed by atoms with Crippen molar-refractivity contribution in [2.45, 2.75) is 58.0 Å². The molecule has 1 fully saturated rings. The molecular weight excluding hydrogens is 172 g/mol. The highest BCUT2D eigenvalue weighted by Gasteiger charge is 2.22. The molecule has 14 heavy (non-hydrogen) atoms. The zero-order chi connectivity index (χ0) is 10.2. The normalized spacial score (nSPS) is 25.9. The molecule has 2 unspecified atom stereocenters. The van der Waals surface area contributed by atoms with E-state index in [9.17, 15) is 0 Å². The van der Waals surface area contributed by atoms with Gasteiger partial charge in [0.2, 0.25) is 0 Å². The molecule has 0 aromatic rings. The van der Waals surface area contributed by atoms with Crippen LogP contribution in [-0.4, -0.2) is 13.2 Å². The quantitative estimate of drug-likeness (QED) is 0.492. The molecule has 0 radical (unpaired) electrons. The second-order valence-electron chi connectivity index (χ2n) is 4.15. The highest BCUT2D eigenvalue weighted by Crippen LogP contribution is 2.26. The summed E-state index contributed by atoms with van der Waals surface area (Å²) >= 11 is 0. The van der Waals surface area contributed by atoms with E-state index in [4.69, 9.17) is 4.74 Å². The van der Waals surface area contributed by atoms with E-state index in [0.29, 0.717) is 12.0 Å². The average Bonchev–Trinajstić information content (AvgIpc) is 2.65. The van der Waals surface area contributed by atoms with E-state index in [1.807, 2.05) is 7.11 Å². The minimum Gasteiger partial charge on any atom is -0.381 e. The summed E-state index contributed by atoms with van der Waals surface area (Å²) in [5.41, 5.74) is 0. The summed E-state index contributed by atoms with van der Waals surface area (Å²) < 4.78 is 5.32. The summed E-state index contributed by atoms with van der Waals surface area (Å²) in [5.74, 6) is 7.29. The van der Waals surface area contributed by atoms with Crippen molar-refractivity contribution in [3.8, 4) is 11.8 Å². The Bertz CT molecular complexity index is 199. The van der Waals surface area contributed by atoms with E-state index in [1.54, 1.807) is 0 Å². The predicted molar refractivity (Wildman–Crippen MR) is 60.1 cm³/mol. The lowest BCUT2D eigenvalue weighted by atomic mass is 10.1. The summed E-state index contributed by atoms with van der Waals surface area (Å²) in [6, 6.07) is 0. The predicted octanol–water partition coefficient (Wildman–Crippen LogP) is 3.39. The molecule has 1 aliphatic carbocycles. The number of hydrogen-bond donors (Lipinski definition) is 0. The van der Waals surface area contributed by atoms with Crippen molar-refractivity contribution in [1.29, 1.82) is 0 Å². The Labute approximate surface area is 88.2 Å². The number of unbranched alkanes of at least 4 members (excludes halogenated alkanes) is 3. The Hall–Kier alpha value is -0.480. The highest BCUT2D eigenvalue weighted by molar-refractivity contribution is 5.06. The summed E-state index contributed by atoms with van der Waals surface area (Å²) in [6.45, 7) is 2.23. The molecule has 0 aromatic carbocycles. The van der Waals surface area contributed by atoms with Gasteiger partial charge in [-0.25, -0.2) is 0 Å². The minimum atomic E-state index is 0.477. The van der Waals surface area contributed by atoms with Gasteiger partial charge in [-0.1, -0.05) is 25.7 Å². The van der Waals surface area contributed by atoms with E-state index in [2.05, 4.69) is 18.8 Å². The molecule has 2 atom stereocenters. The summed E-state index contributed by atoms with van der Waals surface area (Å²) in [4.78, 5) is 0. The van der Waals surface area contributed by atoms with Crippen LogP contribution in [0, 0.1) is 17.8 Å². The molecule has 0 spiro atoms. The third kappa shape index (κ3) is 4.15. The molecule has 0 aromatic heterocycles. The van der Waals surface area contributed by atoms with Gasteiger partial charge in [0.25, 0.3) is 0 Å². The SMILES string of the molecule is CCCCCC#CC1CCC(OC)C1. The van der Waals surface area contributed by atoms with Crippen LogP contribution in [0.1, 0.15) is 51.9 Å². The first-order valence-electron chi connectivity index (χ1n) is 5.88. The standard InChI is InChI=1S/C13H22O/c1-3-4-5-6-7-8-12-9-10-13(11-12)14-2/h12-13H,3-6,9-11H2,1-2H3. The van der Waals surface area contributed by atoms with Gasteiger partial charge in [-0.15, -0.1) is 5.92 Å². The van der Waals surface area contributed by atoms with Crippen LogP contribution in [0.15, 0.2) is 0 Å². The molecule has 1 heteroatoms. The third-order valence-corrected chi connectivity index (χ3v) is 2.93. The number of hydrogen-bond acceptors (Lipinski definition) is 1. The van der Waals surface area contributed by atoms with Crippen molar-refractivity contribution in [1.82, 2.24) is 0 Å². The van der Waals surface area contributed by atoms with Gasteiger partial charge in [-0.05, 0) is 25.7 Å². The van der Waals surface area contributed by atoms with Gasteiger partial charge >= 0.3 is 0 Å². The third-order valence-electron chi connectivity index (χ3n) is 2.93. The van der Waals surface area contributed by atoms with E-state index in [1.165, 1.54) is 32.1 Å². The molecule has 1 nitrogen and oxygen atoms in total. The smallest absolute Gasteiger partial charge is 0.0583 e. The van der Waals surface area contributed by atoms with E-state index >= 15 is 0 Å². The minimum absolute atomic E-state index is 0.477. The summed E-state index contributed by atoms with van der Waals surface area (Å²) in [7, 11) is 1.81. The Morgan fingerprint density at radius 2 is 2.14 bits per heavy atom. The van der Waals surface area contributed by atoms with Crippen LogP contribution in [0.5, 0.6) is 0 Å². The van der Waals surface area contributed by atoms with Crippen LogP contribution < -0.4 is 0 Å². The largest absolute Gasteiger partial charge is 0.381 e. The lowest BCUT2D eigenvalue weighted by Crippen LogP contribution is -2.03. The fourth-order valence-electron chi connectivity index (χ4n) is 1.97. The monoisotopic (exact) mass is 194 g/mol. The molecule has 0 N–H and O–H groups in total. The van der Waals surface area contributed by atoms with Crippen LogP contribution >= 0.6 is 0 Å². The number of rotatable bonds is 4. The number of ether oxygens (including phenoxy) is 1. The molecule has 1 saturated carbocycles. The van der Waals surface area contributed by atoms with Gasteiger partial charge in [0.1, 0.15) is 0 Å². The Morgan fingerprint density at radius 3 is 2.79 bits per heavy atom. The zero-order valence-electron chi connectivity index (χ0n) is 9.51. The first-order valence-corrected chi connectivity index (χ1v) is 5.88. The second kappa shape index (κ2) is 6.90. The lowest BCUT2D eigenvalue weighted by molar-refractivity contribution is 0.107. The molecule has 0 aliphatic heterocycles. The van der Waals surface area contributed by atoms with Crippen LogP contribution in [-0.2, 0) is 4.74 Å². The van der Waals surface area contributed by atoms with Gasteiger partial charge < -0.3 is 4.74 Å². The molecular formula is C13H22O. The van der Waals surface area contributed by atoms with Gasteiger partial charge in [0.05, 0.1) is 6.10 Å². The van der Waals surface area contributed by atoms with Gasteiger partial charge in [0, 0.05) is 19.4 Å². The molecule has 80 valence electrons. The second-order valence-corrected chi connectivity index (χ2v) is 4.15. The van der Waals surface area contributed by atoms with Crippen molar-refractivity contribution < 1.29 is 4.74 Å². The summed E-state index contributed by atoms with van der Waals surface area (Å²) in [5, 5.41) is 0. The highest BCUT2D eigenvalue weighted by atomic mass is 16.5. The maximum atomic E-state index is 5.32. The van der Waals surface area contributed by atoms with Crippen molar-refractivity contribution >= 4 is 0 Å². The van der Waals surface area contributed by atoms with E-state index in [0.717, 1.165) is 12.8 Å². The van der Waals surface area contributed by atoms with Crippen LogP contribution in [0.3, 0.4) is 0 Å². The fourth-order valence-corrected chi connectivity index (χ4v) is 1.97. The Balaban J connectivity index is 2.11. The Morgan fingerprint density at radius 1 is 1.29 bits per heavy atom. The molecule has 1 aliphatic rings. The van der Waals surface area contributed by atoms with E-state index in [-0.39, 0.29) is 0 Å².